The maximum absolute atomic E-state index is 13.2. The molecule has 120 valence electrons. The summed E-state index contributed by atoms with van der Waals surface area (Å²) in [5.74, 6) is -0.353. The lowest BCUT2D eigenvalue weighted by Gasteiger charge is -2.19. The number of sulfonamides is 1. The van der Waals surface area contributed by atoms with E-state index in [2.05, 4.69) is 5.32 Å². The van der Waals surface area contributed by atoms with Gasteiger partial charge in [-0.15, -0.1) is 0 Å². The molecule has 0 saturated heterocycles. The molecule has 0 aliphatic carbocycles. The topological polar surface area (TPSA) is 69.6 Å². The minimum absolute atomic E-state index is 0.0442. The number of nitrogens with zero attached hydrogens (tertiary/aromatic N) is 1. The molecule has 7 heteroatoms. The zero-order chi connectivity index (χ0) is 16.0. The summed E-state index contributed by atoms with van der Waals surface area (Å²) in [5.41, 5.74) is 0.491. The van der Waals surface area contributed by atoms with Crippen LogP contribution < -0.4 is 5.32 Å². The first kappa shape index (κ1) is 17.9. The second kappa shape index (κ2) is 7.72. The molecular formula is C14H23FN2O3S. The predicted octanol–water partition coefficient (Wildman–Crippen LogP) is 1.85. The molecule has 1 rings (SSSR count). The molecule has 0 fully saturated rings. The summed E-state index contributed by atoms with van der Waals surface area (Å²) >= 11 is 0. The van der Waals surface area contributed by atoms with E-state index >= 15 is 0 Å². The van der Waals surface area contributed by atoms with Crippen molar-refractivity contribution in [2.75, 3.05) is 25.9 Å². The van der Waals surface area contributed by atoms with Crippen LogP contribution in [0.3, 0.4) is 0 Å². The van der Waals surface area contributed by atoms with Gasteiger partial charge in [0.05, 0.1) is 6.26 Å². The lowest BCUT2D eigenvalue weighted by Crippen LogP contribution is -2.32. The van der Waals surface area contributed by atoms with Gasteiger partial charge in [-0.1, -0.05) is 6.92 Å². The maximum atomic E-state index is 13.2. The highest BCUT2D eigenvalue weighted by Crippen LogP contribution is 2.24. The highest BCUT2D eigenvalue weighted by molar-refractivity contribution is 7.88. The van der Waals surface area contributed by atoms with Crippen LogP contribution in [0.25, 0.3) is 0 Å². The molecule has 1 unspecified atom stereocenters. The van der Waals surface area contributed by atoms with Crippen molar-refractivity contribution in [3.05, 3.63) is 29.6 Å². The van der Waals surface area contributed by atoms with Crippen LogP contribution in [-0.4, -0.2) is 43.7 Å². The Morgan fingerprint density at radius 3 is 2.67 bits per heavy atom. The van der Waals surface area contributed by atoms with Gasteiger partial charge in [0.25, 0.3) is 0 Å². The fraction of sp³-hybridized carbons (Fsp3) is 0.571. The molecule has 21 heavy (non-hydrogen) atoms. The third-order valence-corrected chi connectivity index (χ3v) is 4.69. The van der Waals surface area contributed by atoms with Crippen LogP contribution >= 0.6 is 0 Å². The SMILES string of the molecule is CCN(CCCNC(C)c1cc(F)ccc1O)S(C)(=O)=O. The fourth-order valence-corrected chi connectivity index (χ4v) is 3.04. The van der Waals surface area contributed by atoms with Crippen LogP contribution in [0, 0.1) is 5.82 Å². The van der Waals surface area contributed by atoms with Gasteiger partial charge in [-0.2, -0.15) is 0 Å². The first-order chi connectivity index (χ1) is 9.75. The standard InChI is InChI=1S/C14H23FN2O3S/c1-4-17(21(3,19)20)9-5-8-16-11(2)13-10-12(15)6-7-14(13)18/h6-7,10-11,16,18H,4-5,8-9H2,1-3H3. The minimum Gasteiger partial charge on any atom is -0.508 e. The van der Waals surface area contributed by atoms with Crippen molar-refractivity contribution in [1.82, 2.24) is 9.62 Å². The summed E-state index contributed by atoms with van der Waals surface area (Å²) < 4.78 is 37.4. The number of phenols is 1. The molecule has 0 bridgehead atoms. The number of rotatable bonds is 8. The van der Waals surface area contributed by atoms with Gasteiger partial charge in [-0.05, 0) is 38.1 Å². The Morgan fingerprint density at radius 1 is 1.43 bits per heavy atom. The van der Waals surface area contributed by atoms with Gasteiger partial charge in [0.15, 0.2) is 0 Å². The minimum atomic E-state index is -3.16. The Bertz CT molecular complexity index is 563. The fourth-order valence-electron chi connectivity index (χ4n) is 2.11. The zero-order valence-corrected chi connectivity index (χ0v) is 13.5. The highest BCUT2D eigenvalue weighted by atomic mass is 32.2. The molecule has 5 nitrogen and oxygen atoms in total. The second-order valence-corrected chi connectivity index (χ2v) is 6.97. The van der Waals surface area contributed by atoms with Gasteiger partial charge in [0.1, 0.15) is 11.6 Å². The van der Waals surface area contributed by atoms with E-state index in [1.807, 2.05) is 6.92 Å². The van der Waals surface area contributed by atoms with Gasteiger partial charge < -0.3 is 10.4 Å². The molecule has 0 amide bonds. The molecule has 0 saturated carbocycles. The number of phenolic OH excluding ortho intramolecular Hbond substituents is 1. The molecule has 0 heterocycles. The summed E-state index contributed by atoms with van der Waals surface area (Å²) in [5, 5.41) is 12.9. The van der Waals surface area contributed by atoms with Gasteiger partial charge in [-0.3, -0.25) is 0 Å². The first-order valence-corrected chi connectivity index (χ1v) is 8.77. The van der Waals surface area contributed by atoms with E-state index in [0.717, 1.165) is 0 Å². The second-order valence-electron chi connectivity index (χ2n) is 4.99. The predicted molar refractivity (Wildman–Crippen MR) is 81.2 cm³/mol. The Kier molecular flexibility index (Phi) is 6.57. The summed E-state index contributed by atoms with van der Waals surface area (Å²) in [4.78, 5) is 0. The third kappa shape index (κ3) is 5.61. The van der Waals surface area contributed by atoms with Gasteiger partial charge in [0.2, 0.25) is 10.0 Å². The number of halogens is 1. The molecular weight excluding hydrogens is 295 g/mol. The molecule has 0 aliphatic rings. The monoisotopic (exact) mass is 318 g/mol. The molecule has 2 N–H and O–H groups in total. The molecule has 1 aromatic carbocycles. The van der Waals surface area contributed by atoms with Crippen molar-refractivity contribution in [2.24, 2.45) is 0 Å². The van der Waals surface area contributed by atoms with Gasteiger partial charge in [0, 0.05) is 24.7 Å². The first-order valence-electron chi connectivity index (χ1n) is 6.92. The van der Waals surface area contributed by atoms with E-state index in [1.54, 1.807) is 6.92 Å². The van der Waals surface area contributed by atoms with Gasteiger partial charge in [-0.25, -0.2) is 17.1 Å². The molecule has 0 aliphatic heterocycles. The number of aromatic hydroxyl groups is 1. The lowest BCUT2D eigenvalue weighted by atomic mass is 10.1. The molecule has 0 spiro atoms. The summed E-state index contributed by atoms with van der Waals surface area (Å²) in [6, 6.07) is 3.61. The molecule has 0 radical (unpaired) electrons. The van der Waals surface area contributed by atoms with Crippen LogP contribution in [0.5, 0.6) is 5.75 Å². The third-order valence-electron chi connectivity index (χ3n) is 3.31. The van der Waals surface area contributed by atoms with Crippen LogP contribution in [-0.2, 0) is 10.0 Å². The average molecular weight is 318 g/mol. The molecule has 0 aromatic heterocycles. The van der Waals surface area contributed by atoms with Crippen LogP contribution in [0.2, 0.25) is 0 Å². The maximum Gasteiger partial charge on any atom is 0.211 e. The molecule has 1 atom stereocenters. The number of nitrogens with one attached hydrogen (secondary N) is 1. The number of hydrogen-bond donors (Lipinski definition) is 2. The van der Waals surface area contributed by atoms with Crippen molar-refractivity contribution in [2.45, 2.75) is 26.3 Å². The molecule has 1 aromatic rings. The average Bonchev–Trinajstić information content (AvgIpc) is 2.39. The van der Waals surface area contributed by atoms with Crippen LogP contribution in [0.1, 0.15) is 31.9 Å². The van der Waals surface area contributed by atoms with E-state index in [0.29, 0.717) is 31.6 Å². The zero-order valence-electron chi connectivity index (χ0n) is 12.6. The number of benzene rings is 1. The quantitative estimate of drug-likeness (QED) is 0.718. The van der Waals surface area contributed by atoms with E-state index < -0.39 is 15.8 Å². The number of hydrogen-bond acceptors (Lipinski definition) is 4. The van der Waals surface area contributed by atoms with E-state index in [4.69, 9.17) is 0 Å². The van der Waals surface area contributed by atoms with E-state index in [-0.39, 0.29) is 11.8 Å². The van der Waals surface area contributed by atoms with Crippen molar-refractivity contribution in [3.8, 4) is 5.75 Å². The van der Waals surface area contributed by atoms with Crippen molar-refractivity contribution in [3.63, 3.8) is 0 Å². The van der Waals surface area contributed by atoms with Crippen LogP contribution in [0.15, 0.2) is 18.2 Å². The lowest BCUT2D eigenvalue weighted by molar-refractivity contribution is 0.409. The van der Waals surface area contributed by atoms with Crippen molar-refractivity contribution in [1.29, 1.82) is 0 Å². The van der Waals surface area contributed by atoms with Crippen LogP contribution in [0.4, 0.5) is 4.39 Å². The normalized spacial score (nSPS) is 13.6. The van der Waals surface area contributed by atoms with E-state index in [1.165, 1.54) is 28.8 Å². The smallest absolute Gasteiger partial charge is 0.211 e. The Balaban J connectivity index is 2.47. The highest BCUT2D eigenvalue weighted by Gasteiger charge is 2.14. The summed E-state index contributed by atoms with van der Waals surface area (Å²) in [6.07, 6.45) is 1.83. The van der Waals surface area contributed by atoms with E-state index in [9.17, 15) is 17.9 Å². The summed E-state index contributed by atoms with van der Waals surface area (Å²) in [7, 11) is -3.16. The van der Waals surface area contributed by atoms with Crippen molar-refractivity contribution < 1.29 is 17.9 Å². The summed E-state index contributed by atoms with van der Waals surface area (Å²) in [6.45, 7) is 5.07. The van der Waals surface area contributed by atoms with Crippen molar-refractivity contribution >= 4 is 10.0 Å². The van der Waals surface area contributed by atoms with Gasteiger partial charge >= 0.3 is 0 Å². The Hall–Kier alpha value is -1.18. The Labute approximate surface area is 125 Å². The largest absolute Gasteiger partial charge is 0.508 e. The Morgan fingerprint density at radius 2 is 2.10 bits per heavy atom.